The van der Waals surface area contributed by atoms with Crippen molar-refractivity contribution in [3.63, 3.8) is 0 Å². The molecular formula is C27H31NO4S. The van der Waals surface area contributed by atoms with Gasteiger partial charge in [0.1, 0.15) is 12.4 Å². The minimum atomic E-state index is -3.32. The highest BCUT2D eigenvalue weighted by Crippen LogP contribution is 2.26. The predicted molar refractivity (Wildman–Crippen MR) is 131 cm³/mol. The first-order valence-electron chi connectivity index (χ1n) is 11.2. The Bertz CT molecular complexity index is 1170. The quantitative estimate of drug-likeness (QED) is 0.433. The molecule has 0 aliphatic heterocycles. The van der Waals surface area contributed by atoms with E-state index < -0.39 is 9.84 Å². The van der Waals surface area contributed by atoms with E-state index in [4.69, 9.17) is 4.74 Å². The van der Waals surface area contributed by atoms with E-state index in [1.165, 1.54) is 6.26 Å². The normalized spacial score (nSPS) is 11.2. The zero-order valence-corrected chi connectivity index (χ0v) is 20.0. The molecule has 3 aromatic rings. The van der Waals surface area contributed by atoms with Crippen molar-refractivity contribution >= 4 is 15.7 Å². The molecule has 1 N–H and O–H groups in total. The molecule has 174 valence electrons. The highest BCUT2D eigenvalue weighted by Gasteiger charge is 2.14. The molecule has 0 aliphatic carbocycles. The van der Waals surface area contributed by atoms with Crippen molar-refractivity contribution < 1.29 is 17.9 Å². The van der Waals surface area contributed by atoms with Crippen molar-refractivity contribution in [3.8, 4) is 5.75 Å². The van der Waals surface area contributed by atoms with E-state index >= 15 is 0 Å². The standard InChI is InChI=1S/C27H31NO4S/c1-3-18-28-27(29)25-15-8-7-12-22(25)13-9-14-23-19-24(33(2,30)31)16-17-26(23)32-20-21-10-5-4-6-11-21/h4-8,10-12,15-17,19H,3,9,13-14,18,20H2,1-2H3,(H,28,29). The number of aryl methyl sites for hydroxylation is 2. The molecule has 3 aromatic carbocycles. The lowest BCUT2D eigenvalue weighted by molar-refractivity contribution is 0.0952. The molecule has 0 atom stereocenters. The first-order chi connectivity index (χ1) is 15.9. The van der Waals surface area contributed by atoms with Crippen LogP contribution in [0.2, 0.25) is 0 Å². The van der Waals surface area contributed by atoms with Gasteiger partial charge in [0, 0.05) is 18.4 Å². The van der Waals surface area contributed by atoms with Gasteiger partial charge in [-0.05, 0) is 66.6 Å². The lowest BCUT2D eigenvalue weighted by Crippen LogP contribution is -2.25. The highest BCUT2D eigenvalue weighted by atomic mass is 32.2. The second-order valence-corrected chi connectivity index (χ2v) is 10.1. The van der Waals surface area contributed by atoms with Crippen LogP contribution in [0.15, 0.2) is 77.7 Å². The smallest absolute Gasteiger partial charge is 0.251 e. The molecule has 6 heteroatoms. The van der Waals surface area contributed by atoms with Gasteiger partial charge in [-0.3, -0.25) is 4.79 Å². The largest absolute Gasteiger partial charge is 0.489 e. The lowest BCUT2D eigenvalue weighted by atomic mass is 9.99. The van der Waals surface area contributed by atoms with Crippen molar-refractivity contribution in [2.45, 2.75) is 44.1 Å². The fourth-order valence-corrected chi connectivity index (χ4v) is 4.29. The third-order valence-corrected chi connectivity index (χ3v) is 6.50. The second-order valence-electron chi connectivity index (χ2n) is 8.08. The van der Waals surface area contributed by atoms with Gasteiger partial charge in [0.15, 0.2) is 9.84 Å². The zero-order valence-electron chi connectivity index (χ0n) is 19.2. The van der Waals surface area contributed by atoms with Crippen molar-refractivity contribution in [1.82, 2.24) is 5.32 Å². The molecule has 5 nitrogen and oxygen atoms in total. The van der Waals surface area contributed by atoms with Gasteiger partial charge < -0.3 is 10.1 Å². The van der Waals surface area contributed by atoms with Gasteiger partial charge >= 0.3 is 0 Å². The van der Waals surface area contributed by atoms with Crippen LogP contribution in [0, 0.1) is 0 Å². The lowest BCUT2D eigenvalue weighted by Gasteiger charge is -2.14. The summed E-state index contributed by atoms with van der Waals surface area (Å²) >= 11 is 0. The molecular weight excluding hydrogens is 434 g/mol. The summed E-state index contributed by atoms with van der Waals surface area (Å²) in [5, 5.41) is 2.94. The van der Waals surface area contributed by atoms with Gasteiger partial charge in [-0.1, -0.05) is 55.5 Å². The van der Waals surface area contributed by atoms with Gasteiger partial charge in [0.25, 0.3) is 5.91 Å². The van der Waals surface area contributed by atoms with E-state index in [0.29, 0.717) is 37.3 Å². The number of nitrogens with one attached hydrogen (secondary N) is 1. The van der Waals surface area contributed by atoms with E-state index in [1.54, 1.807) is 18.2 Å². The Morgan fingerprint density at radius 1 is 0.909 bits per heavy atom. The van der Waals surface area contributed by atoms with Crippen LogP contribution in [-0.4, -0.2) is 27.1 Å². The number of amides is 1. The molecule has 0 saturated heterocycles. The molecule has 0 fully saturated rings. The maximum absolute atomic E-state index is 12.5. The van der Waals surface area contributed by atoms with E-state index in [1.807, 2.05) is 61.5 Å². The Hall–Kier alpha value is -3.12. The molecule has 3 rings (SSSR count). The van der Waals surface area contributed by atoms with Crippen LogP contribution in [0.5, 0.6) is 5.75 Å². The molecule has 0 spiro atoms. The van der Waals surface area contributed by atoms with Gasteiger partial charge in [0.05, 0.1) is 4.90 Å². The summed E-state index contributed by atoms with van der Waals surface area (Å²) in [5.74, 6) is 0.624. The Kier molecular flexibility index (Phi) is 8.66. The molecule has 0 aromatic heterocycles. The summed E-state index contributed by atoms with van der Waals surface area (Å²) in [6, 6.07) is 22.5. The van der Waals surface area contributed by atoms with Crippen LogP contribution in [0.25, 0.3) is 0 Å². The number of benzene rings is 3. The topological polar surface area (TPSA) is 72.5 Å². The summed E-state index contributed by atoms with van der Waals surface area (Å²) < 4.78 is 30.2. The van der Waals surface area contributed by atoms with Crippen LogP contribution in [0.3, 0.4) is 0 Å². The molecule has 0 radical (unpaired) electrons. The summed E-state index contributed by atoms with van der Waals surface area (Å²) in [4.78, 5) is 12.8. The number of hydrogen-bond donors (Lipinski definition) is 1. The summed E-state index contributed by atoms with van der Waals surface area (Å²) in [6.45, 7) is 3.08. The summed E-state index contributed by atoms with van der Waals surface area (Å²) in [5.41, 5.74) is 3.57. The van der Waals surface area contributed by atoms with E-state index in [-0.39, 0.29) is 10.8 Å². The third kappa shape index (κ3) is 7.19. The summed E-state index contributed by atoms with van der Waals surface area (Å²) in [7, 11) is -3.32. The van der Waals surface area contributed by atoms with Crippen LogP contribution < -0.4 is 10.1 Å². The van der Waals surface area contributed by atoms with E-state index in [2.05, 4.69) is 5.32 Å². The summed E-state index contributed by atoms with van der Waals surface area (Å²) in [6.07, 6.45) is 4.19. The first kappa shape index (κ1) is 24.5. The number of rotatable bonds is 11. The van der Waals surface area contributed by atoms with Crippen LogP contribution in [0.1, 0.15) is 46.8 Å². The van der Waals surface area contributed by atoms with Gasteiger partial charge in [0.2, 0.25) is 0 Å². The first-order valence-corrected chi connectivity index (χ1v) is 13.1. The molecule has 0 unspecified atom stereocenters. The van der Waals surface area contributed by atoms with E-state index in [9.17, 15) is 13.2 Å². The molecule has 0 heterocycles. The Labute approximate surface area is 196 Å². The SMILES string of the molecule is CCCNC(=O)c1ccccc1CCCc1cc(S(C)(=O)=O)ccc1OCc1ccccc1. The third-order valence-electron chi connectivity index (χ3n) is 5.39. The molecule has 0 saturated carbocycles. The molecule has 1 amide bonds. The monoisotopic (exact) mass is 465 g/mol. The van der Waals surface area contributed by atoms with Crippen molar-refractivity contribution in [2.75, 3.05) is 12.8 Å². The van der Waals surface area contributed by atoms with Crippen molar-refractivity contribution in [2.24, 2.45) is 0 Å². The van der Waals surface area contributed by atoms with Gasteiger partial charge in [-0.25, -0.2) is 8.42 Å². The average Bonchev–Trinajstić information content (AvgIpc) is 2.82. The fraction of sp³-hybridized carbons (Fsp3) is 0.296. The average molecular weight is 466 g/mol. The number of hydrogen-bond acceptors (Lipinski definition) is 4. The zero-order chi connectivity index (χ0) is 23.7. The Morgan fingerprint density at radius 2 is 1.61 bits per heavy atom. The second kappa shape index (κ2) is 11.7. The van der Waals surface area contributed by atoms with Gasteiger partial charge in [-0.15, -0.1) is 0 Å². The Morgan fingerprint density at radius 3 is 2.33 bits per heavy atom. The maximum atomic E-state index is 12.5. The van der Waals surface area contributed by atoms with Crippen LogP contribution >= 0.6 is 0 Å². The number of ether oxygens (including phenoxy) is 1. The van der Waals surface area contributed by atoms with E-state index in [0.717, 1.165) is 29.5 Å². The fourth-order valence-electron chi connectivity index (χ4n) is 3.62. The molecule has 0 aliphatic rings. The minimum absolute atomic E-state index is 0.0570. The number of carbonyl (C=O) groups excluding carboxylic acids is 1. The minimum Gasteiger partial charge on any atom is -0.489 e. The van der Waals surface area contributed by atoms with Crippen molar-refractivity contribution in [1.29, 1.82) is 0 Å². The van der Waals surface area contributed by atoms with Crippen LogP contribution in [0.4, 0.5) is 0 Å². The molecule has 0 bridgehead atoms. The number of carbonyl (C=O) groups is 1. The van der Waals surface area contributed by atoms with Crippen molar-refractivity contribution in [3.05, 3.63) is 95.1 Å². The maximum Gasteiger partial charge on any atom is 0.251 e. The van der Waals surface area contributed by atoms with Gasteiger partial charge in [-0.2, -0.15) is 0 Å². The van der Waals surface area contributed by atoms with Crippen LogP contribution in [-0.2, 0) is 29.3 Å². The number of sulfone groups is 1. The predicted octanol–water partition coefficient (Wildman–Crippen LogP) is 4.98. The highest BCUT2D eigenvalue weighted by molar-refractivity contribution is 7.90. The molecule has 33 heavy (non-hydrogen) atoms. The Balaban J connectivity index is 1.74.